The molecule has 41 heavy (non-hydrogen) atoms. The van der Waals surface area contributed by atoms with Crippen LogP contribution in [0, 0.1) is 5.92 Å². The number of nitrogens with one attached hydrogen (secondary N) is 1. The van der Waals surface area contributed by atoms with Crippen molar-refractivity contribution in [2.45, 2.75) is 19.4 Å². The summed E-state index contributed by atoms with van der Waals surface area (Å²) in [7, 11) is 6.13. The number of carbonyl (C=O) groups is 3. The minimum atomic E-state index is -1.22. The van der Waals surface area contributed by atoms with Gasteiger partial charge in [-0.05, 0) is 53.1 Å². The lowest BCUT2D eigenvalue weighted by molar-refractivity contribution is -0.129. The number of allylic oxidation sites excluding steroid dienone is 2. The molecule has 1 N–H and O–H groups in total. The maximum Gasteiger partial charge on any atom is 0.220 e. The highest BCUT2D eigenvalue weighted by molar-refractivity contribution is 6.14. The second-order valence-electron chi connectivity index (χ2n) is 8.99. The van der Waals surface area contributed by atoms with E-state index in [1.807, 2.05) is 6.07 Å². The molecular weight excluding hydrogens is 522 g/mol. The SMILES string of the molecule is CCC(=O)NC(c1ccccc1)C(C(=O)/C=C/c1ccc(OC)c(OC)c1)C(=O)/C=C/c1ccc(OC)c(OC)c1. The standard InChI is InChI=1S/C33H35NO7/c1-6-31(37)34-33(24-10-8-7-9-11-24)32(25(35)16-12-22-14-18-27(38-2)29(20-22)40-4)26(36)17-13-23-15-19-28(39-3)30(21-23)41-5/h7-21,32-33H,6H2,1-5H3,(H,34,37)/b16-12+,17-13+. The van der Waals surface area contributed by atoms with Gasteiger partial charge in [0.25, 0.3) is 0 Å². The molecule has 0 saturated carbocycles. The van der Waals surface area contributed by atoms with Crippen LogP contribution in [0.1, 0.15) is 36.1 Å². The van der Waals surface area contributed by atoms with Crippen LogP contribution in [0.15, 0.2) is 78.9 Å². The topological polar surface area (TPSA) is 100 Å². The largest absolute Gasteiger partial charge is 0.493 e. The summed E-state index contributed by atoms with van der Waals surface area (Å²) in [5, 5.41) is 2.89. The van der Waals surface area contributed by atoms with Gasteiger partial charge in [0.15, 0.2) is 34.6 Å². The van der Waals surface area contributed by atoms with E-state index in [2.05, 4.69) is 5.32 Å². The lowest BCUT2D eigenvalue weighted by atomic mass is 9.85. The van der Waals surface area contributed by atoms with Crippen LogP contribution in [-0.4, -0.2) is 45.9 Å². The molecule has 1 amide bonds. The van der Waals surface area contributed by atoms with E-state index in [0.29, 0.717) is 39.7 Å². The van der Waals surface area contributed by atoms with Crippen LogP contribution in [0.2, 0.25) is 0 Å². The summed E-state index contributed by atoms with van der Waals surface area (Å²) in [6, 6.07) is 18.6. The summed E-state index contributed by atoms with van der Waals surface area (Å²) in [4.78, 5) is 40.0. The zero-order valence-electron chi connectivity index (χ0n) is 23.9. The Hall–Kier alpha value is -4.85. The summed E-state index contributed by atoms with van der Waals surface area (Å²) < 4.78 is 21.3. The number of rotatable bonds is 14. The third kappa shape index (κ3) is 8.08. The van der Waals surface area contributed by atoms with Gasteiger partial charge < -0.3 is 24.3 Å². The monoisotopic (exact) mass is 557 g/mol. The maximum atomic E-state index is 13.7. The van der Waals surface area contributed by atoms with Crippen LogP contribution in [-0.2, 0) is 14.4 Å². The molecule has 0 saturated heterocycles. The summed E-state index contributed by atoms with van der Waals surface area (Å²) >= 11 is 0. The number of hydrogen-bond donors (Lipinski definition) is 1. The molecule has 0 aromatic heterocycles. The van der Waals surface area contributed by atoms with Gasteiger partial charge in [0.05, 0.1) is 34.5 Å². The molecule has 3 aromatic carbocycles. The second kappa shape index (κ2) is 15.1. The van der Waals surface area contributed by atoms with Crippen molar-refractivity contribution in [2.75, 3.05) is 28.4 Å². The van der Waals surface area contributed by atoms with E-state index in [4.69, 9.17) is 18.9 Å². The van der Waals surface area contributed by atoms with Gasteiger partial charge in [-0.2, -0.15) is 0 Å². The minimum Gasteiger partial charge on any atom is -0.493 e. The van der Waals surface area contributed by atoms with Gasteiger partial charge in [0.2, 0.25) is 5.91 Å². The number of ketones is 2. The number of ether oxygens (including phenoxy) is 4. The molecule has 0 aliphatic carbocycles. The van der Waals surface area contributed by atoms with E-state index in [1.165, 1.54) is 40.6 Å². The molecule has 0 radical (unpaired) electrons. The first-order chi connectivity index (χ1) is 19.8. The van der Waals surface area contributed by atoms with Gasteiger partial charge in [-0.3, -0.25) is 14.4 Å². The van der Waals surface area contributed by atoms with E-state index >= 15 is 0 Å². The Morgan fingerprint density at radius 1 is 0.683 bits per heavy atom. The number of benzene rings is 3. The van der Waals surface area contributed by atoms with Gasteiger partial charge in [-0.15, -0.1) is 0 Å². The Bertz CT molecular complexity index is 1330. The van der Waals surface area contributed by atoms with Gasteiger partial charge in [-0.1, -0.05) is 61.5 Å². The van der Waals surface area contributed by atoms with E-state index in [0.717, 1.165) is 0 Å². The summed E-state index contributed by atoms with van der Waals surface area (Å²) in [6.07, 6.45) is 6.10. The van der Waals surface area contributed by atoms with Crippen molar-refractivity contribution in [1.82, 2.24) is 5.32 Å². The highest BCUT2D eigenvalue weighted by Gasteiger charge is 2.34. The minimum absolute atomic E-state index is 0.196. The Morgan fingerprint density at radius 2 is 1.15 bits per heavy atom. The summed E-state index contributed by atoms with van der Waals surface area (Å²) in [5.74, 6) is -0.321. The predicted molar refractivity (Wildman–Crippen MR) is 158 cm³/mol. The Morgan fingerprint density at radius 3 is 1.56 bits per heavy atom. The maximum absolute atomic E-state index is 13.7. The average molecular weight is 558 g/mol. The molecule has 0 fully saturated rings. The third-order valence-electron chi connectivity index (χ3n) is 6.44. The number of methoxy groups -OCH3 is 4. The molecule has 3 rings (SSSR count). The van der Waals surface area contributed by atoms with Crippen molar-refractivity contribution in [3.8, 4) is 23.0 Å². The Balaban J connectivity index is 2.02. The molecule has 0 bridgehead atoms. The van der Waals surface area contributed by atoms with Gasteiger partial charge in [0, 0.05) is 6.42 Å². The molecular formula is C33H35NO7. The van der Waals surface area contributed by atoms with Crippen LogP contribution in [0.5, 0.6) is 23.0 Å². The third-order valence-corrected chi connectivity index (χ3v) is 6.44. The summed E-state index contributed by atoms with van der Waals surface area (Å²) in [6.45, 7) is 1.71. The van der Waals surface area contributed by atoms with Crippen LogP contribution in [0.4, 0.5) is 0 Å². The van der Waals surface area contributed by atoms with Crippen molar-refractivity contribution in [3.05, 3.63) is 95.6 Å². The van der Waals surface area contributed by atoms with Crippen LogP contribution >= 0.6 is 0 Å². The van der Waals surface area contributed by atoms with E-state index in [-0.39, 0.29) is 12.3 Å². The van der Waals surface area contributed by atoms with E-state index in [1.54, 1.807) is 79.7 Å². The van der Waals surface area contributed by atoms with Crippen molar-refractivity contribution < 1.29 is 33.3 Å². The fraction of sp³-hybridized carbons (Fsp3) is 0.242. The number of carbonyl (C=O) groups excluding carboxylic acids is 3. The van der Waals surface area contributed by atoms with Crippen molar-refractivity contribution >= 4 is 29.6 Å². The first-order valence-electron chi connectivity index (χ1n) is 13.1. The van der Waals surface area contributed by atoms with Gasteiger partial charge in [-0.25, -0.2) is 0 Å². The first-order valence-corrected chi connectivity index (χ1v) is 13.1. The smallest absolute Gasteiger partial charge is 0.220 e. The first kappa shape index (κ1) is 30.7. The van der Waals surface area contributed by atoms with Crippen molar-refractivity contribution in [3.63, 3.8) is 0 Å². The molecule has 1 unspecified atom stereocenters. The Labute approximate surface area is 240 Å². The lowest BCUT2D eigenvalue weighted by Gasteiger charge is -2.25. The molecule has 1 atom stereocenters. The fourth-order valence-corrected chi connectivity index (χ4v) is 4.24. The van der Waals surface area contributed by atoms with Gasteiger partial charge in [0.1, 0.15) is 5.92 Å². The second-order valence-corrected chi connectivity index (χ2v) is 8.99. The highest BCUT2D eigenvalue weighted by Crippen LogP contribution is 2.30. The molecule has 0 heterocycles. The number of hydrogen-bond acceptors (Lipinski definition) is 7. The van der Waals surface area contributed by atoms with Gasteiger partial charge >= 0.3 is 0 Å². The predicted octanol–water partition coefficient (Wildman–Crippen LogP) is 5.47. The molecule has 8 heteroatoms. The van der Waals surface area contributed by atoms with Crippen molar-refractivity contribution in [2.24, 2.45) is 5.92 Å². The Kier molecular flexibility index (Phi) is 11.3. The molecule has 0 aliphatic heterocycles. The molecule has 8 nitrogen and oxygen atoms in total. The quantitative estimate of drug-likeness (QED) is 0.207. The zero-order chi connectivity index (χ0) is 29.8. The van der Waals surface area contributed by atoms with Crippen LogP contribution in [0.25, 0.3) is 12.2 Å². The molecule has 0 aliphatic rings. The van der Waals surface area contributed by atoms with E-state index < -0.39 is 23.5 Å². The average Bonchev–Trinajstić information content (AvgIpc) is 3.02. The number of amides is 1. The van der Waals surface area contributed by atoms with Crippen LogP contribution in [0.3, 0.4) is 0 Å². The molecule has 214 valence electrons. The van der Waals surface area contributed by atoms with Crippen LogP contribution < -0.4 is 24.3 Å². The fourth-order valence-electron chi connectivity index (χ4n) is 4.24. The highest BCUT2D eigenvalue weighted by atomic mass is 16.5. The summed E-state index contributed by atoms with van der Waals surface area (Å²) in [5.41, 5.74) is 1.99. The zero-order valence-corrected chi connectivity index (χ0v) is 23.9. The normalized spacial score (nSPS) is 11.9. The molecule has 0 spiro atoms. The van der Waals surface area contributed by atoms with E-state index in [9.17, 15) is 14.4 Å². The van der Waals surface area contributed by atoms with Crippen molar-refractivity contribution in [1.29, 1.82) is 0 Å². The molecule has 3 aromatic rings. The lowest BCUT2D eigenvalue weighted by Crippen LogP contribution is -2.39.